The van der Waals surface area contributed by atoms with Crippen LogP contribution in [0.3, 0.4) is 0 Å². The fourth-order valence-electron chi connectivity index (χ4n) is 3.66. The van der Waals surface area contributed by atoms with Crippen LogP contribution in [0.2, 0.25) is 0 Å². The molecule has 1 atom stereocenters. The van der Waals surface area contributed by atoms with Gasteiger partial charge in [0.1, 0.15) is 11.9 Å². The number of rotatable bonds is 6. The Balaban J connectivity index is 1.91. The Hall–Kier alpha value is -2.32. The van der Waals surface area contributed by atoms with E-state index in [0.717, 1.165) is 12.1 Å². The van der Waals surface area contributed by atoms with Crippen molar-refractivity contribution in [1.82, 2.24) is 19.6 Å². The Morgan fingerprint density at radius 3 is 2.67 bits per heavy atom. The van der Waals surface area contributed by atoms with Gasteiger partial charge in [0.2, 0.25) is 5.91 Å². The normalized spacial score (nSPS) is 15.0. The summed E-state index contributed by atoms with van der Waals surface area (Å²) in [5.74, 6) is 0.179. The maximum absolute atomic E-state index is 13.3. The van der Waals surface area contributed by atoms with Crippen molar-refractivity contribution in [3.63, 3.8) is 0 Å². The summed E-state index contributed by atoms with van der Waals surface area (Å²) in [6.45, 7) is 6.25. The van der Waals surface area contributed by atoms with Gasteiger partial charge < -0.3 is 5.32 Å². The molecule has 0 saturated heterocycles. The van der Waals surface area contributed by atoms with Gasteiger partial charge in [0, 0.05) is 23.9 Å². The summed E-state index contributed by atoms with van der Waals surface area (Å²) >= 11 is 0. The molecule has 9 heteroatoms. The molecule has 1 N–H and O–H groups in total. The van der Waals surface area contributed by atoms with E-state index in [0.29, 0.717) is 43.7 Å². The number of alkyl halides is 3. The maximum Gasteiger partial charge on any atom is 0.435 e. The van der Waals surface area contributed by atoms with Crippen molar-refractivity contribution in [2.24, 2.45) is 0 Å². The first-order valence-corrected chi connectivity index (χ1v) is 9.29. The van der Waals surface area contributed by atoms with Crippen LogP contribution in [0, 0.1) is 6.92 Å². The minimum Gasteiger partial charge on any atom is -0.309 e. The van der Waals surface area contributed by atoms with Crippen LogP contribution in [0.1, 0.15) is 61.8 Å². The Kier molecular flexibility index (Phi) is 5.30. The topological polar surface area (TPSA) is 64.7 Å². The smallest absolute Gasteiger partial charge is 0.309 e. The quantitative estimate of drug-likeness (QED) is 0.823. The van der Waals surface area contributed by atoms with Gasteiger partial charge in [-0.05, 0) is 39.0 Å². The number of halogens is 3. The van der Waals surface area contributed by atoms with E-state index in [1.807, 2.05) is 13.8 Å². The number of hydrogen-bond acceptors (Lipinski definition) is 3. The molecule has 148 valence electrons. The average Bonchev–Trinajstić information content (AvgIpc) is 3.24. The molecule has 0 aliphatic heterocycles. The fraction of sp³-hybridized carbons (Fsp3) is 0.611. The molecule has 2 aromatic heterocycles. The van der Waals surface area contributed by atoms with Gasteiger partial charge in [0.15, 0.2) is 5.69 Å². The zero-order valence-corrected chi connectivity index (χ0v) is 15.7. The molecule has 0 aromatic carbocycles. The Bertz CT molecular complexity index is 837. The molecule has 2 aromatic rings. The molecule has 3 rings (SSSR count). The Morgan fingerprint density at radius 2 is 2.04 bits per heavy atom. The van der Waals surface area contributed by atoms with E-state index in [1.165, 1.54) is 4.68 Å². The van der Waals surface area contributed by atoms with Crippen LogP contribution in [0.5, 0.6) is 0 Å². The van der Waals surface area contributed by atoms with Crippen LogP contribution in [0.4, 0.5) is 19.0 Å². The van der Waals surface area contributed by atoms with E-state index in [9.17, 15) is 18.0 Å². The van der Waals surface area contributed by atoms with Gasteiger partial charge in [-0.3, -0.25) is 9.48 Å². The highest BCUT2D eigenvalue weighted by Crippen LogP contribution is 2.38. The van der Waals surface area contributed by atoms with Crippen LogP contribution in [-0.2, 0) is 30.4 Å². The molecule has 1 aliphatic rings. The molecule has 1 unspecified atom stereocenters. The van der Waals surface area contributed by atoms with E-state index in [1.54, 1.807) is 17.7 Å². The second-order valence-corrected chi connectivity index (χ2v) is 6.88. The van der Waals surface area contributed by atoms with E-state index in [2.05, 4.69) is 15.5 Å². The van der Waals surface area contributed by atoms with Crippen LogP contribution < -0.4 is 5.32 Å². The third-order valence-electron chi connectivity index (χ3n) is 4.80. The van der Waals surface area contributed by atoms with Crippen LogP contribution in [0.25, 0.3) is 0 Å². The standard InChI is InChI=1S/C18H24F3N5O/c1-4-9-25-15(10-11(3)23-25)22-17(27)13(5-2)26-14-8-6-7-12(14)16(24-26)18(19,20)21/h10,13H,4-9H2,1-3H3,(H,22,27). The van der Waals surface area contributed by atoms with Crippen LogP contribution >= 0.6 is 0 Å². The van der Waals surface area contributed by atoms with Crippen molar-refractivity contribution >= 4 is 11.7 Å². The number of nitrogens with one attached hydrogen (secondary N) is 1. The highest BCUT2D eigenvalue weighted by Gasteiger charge is 2.41. The van der Waals surface area contributed by atoms with Gasteiger partial charge in [-0.2, -0.15) is 23.4 Å². The summed E-state index contributed by atoms with van der Waals surface area (Å²) in [4.78, 5) is 12.9. The molecule has 6 nitrogen and oxygen atoms in total. The second-order valence-electron chi connectivity index (χ2n) is 6.88. The predicted octanol–water partition coefficient (Wildman–Crippen LogP) is 3.90. The maximum atomic E-state index is 13.3. The van der Waals surface area contributed by atoms with Gasteiger partial charge in [-0.15, -0.1) is 0 Å². The summed E-state index contributed by atoms with van der Waals surface area (Å²) in [5, 5.41) is 11.0. The lowest BCUT2D eigenvalue weighted by Gasteiger charge is -2.18. The minimum atomic E-state index is -4.51. The summed E-state index contributed by atoms with van der Waals surface area (Å²) in [5.41, 5.74) is 0.683. The van der Waals surface area contributed by atoms with Gasteiger partial charge >= 0.3 is 6.18 Å². The number of anilines is 1. The number of hydrogen-bond donors (Lipinski definition) is 1. The highest BCUT2D eigenvalue weighted by atomic mass is 19.4. The molecular weight excluding hydrogens is 359 g/mol. The first-order valence-electron chi connectivity index (χ1n) is 9.29. The summed E-state index contributed by atoms with van der Waals surface area (Å²) in [6, 6.07) is 0.966. The van der Waals surface area contributed by atoms with Gasteiger partial charge in [0.05, 0.1) is 5.69 Å². The molecule has 1 aliphatic carbocycles. The SMILES string of the molecule is CCCn1nc(C)cc1NC(=O)C(CC)n1nc(C(F)(F)F)c2c1CCC2. The minimum absolute atomic E-state index is 0.237. The fourth-order valence-corrected chi connectivity index (χ4v) is 3.66. The number of fused-ring (bicyclic) bond motifs is 1. The van der Waals surface area contributed by atoms with E-state index in [4.69, 9.17) is 0 Å². The monoisotopic (exact) mass is 383 g/mol. The zero-order chi connectivity index (χ0) is 19.8. The summed E-state index contributed by atoms with van der Waals surface area (Å²) in [6.07, 6.45) is -1.80. The van der Waals surface area contributed by atoms with Crippen molar-refractivity contribution in [2.75, 3.05) is 5.32 Å². The predicted molar refractivity (Wildman–Crippen MR) is 94.5 cm³/mol. The van der Waals surface area contributed by atoms with Crippen molar-refractivity contribution in [1.29, 1.82) is 0 Å². The first-order chi connectivity index (χ1) is 12.8. The molecule has 27 heavy (non-hydrogen) atoms. The van der Waals surface area contributed by atoms with Gasteiger partial charge in [-0.25, -0.2) is 4.68 Å². The number of aromatic nitrogens is 4. The Labute approximate surface area is 155 Å². The second kappa shape index (κ2) is 7.36. The molecule has 0 bridgehead atoms. The van der Waals surface area contributed by atoms with Crippen LogP contribution in [-0.4, -0.2) is 25.5 Å². The lowest BCUT2D eigenvalue weighted by molar-refractivity contribution is -0.142. The zero-order valence-electron chi connectivity index (χ0n) is 15.7. The first kappa shape index (κ1) is 19.4. The number of aryl methyl sites for hydroxylation is 2. The van der Waals surface area contributed by atoms with E-state index >= 15 is 0 Å². The average molecular weight is 383 g/mol. The molecule has 1 amide bonds. The van der Waals surface area contributed by atoms with Crippen molar-refractivity contribution < 1.29 is 18.0 Å². The number of amides is 1. The van der Waals surface area contributed by atoms with E-state index < -0.39 is 17.9 Å². The van der Waals surface area contributed by atoms with Crippen LogP contribution in [0.15, 0.2) is 6.07 Å². The third-order valence-corrected chi connectivity index (χ3v) is 4.80. The van der Waals surface area contributed by atoms with Gasteiger partial charge in [-0.1, -0.05) is 13.8 Å². The molecule has 0 radical (unpaired) electrons. The third kappa shape index (κ3) is 3.72. The van der Waals surface area contributed by atoms with Crippen molar-refractivity contribution in [3.8, 4) is 0 Å². The molecular formula is C18H24F3N5O. The van der Waals surface area contributed by atoms with Crippen molar-refractivity contribution in [3.05, 3.63) is 28.7 Å². The molecule has 0 fully saturated rings. The molecule has 0 saturated carbocycles. The molecule has 0 spiro atoms. The largest absolute Gasteiger partial charge is 0.435 e. The number of carbonyl (C=O) groups is 1. The van der Waals surface area contributed by atoms with Crippen molar-refractivity contribution in [2.45, 2.75) is 71.6 Å². The lowest BCUT2D eigenvalue weighted by Crippen LogP contribution is -2.28. The summed E-state index contributed by atoms with van der Waals surface area (Å²) in [7, 11) is 0. The van der Waals surface area contributed by atoms with Gasteiger partial charge in [0.25, 0.3) is 0 Å². The Morgan fingerprint density at radius 1 is 1.30 bits per heavy atom. The number of nitrogens with zero attached hydrogens (tertiary/aromatic N) is 4. The molecule has 2 heterocycles. The lowest BCUT2D eigenvalue weighted by atomic mass is 10.1. The highest BCUT2D eigenvalue weighted by molar-refractivity contribution is 5.93. The van der Waals surface area contributed by atoms with E-state index in [-0.39, 0.29) is 11.5 Å². The summed E-state index contributed by atoms with van der Waals surface area (Å²) < 4.78 is 43.0. The number of carbonyl (C=O) groups excluding carboxylic acids is 1.